The Balaban J connectivity index is 0.000000354. The third kappa shape index (κ3) is 5.71. The fourth-order valence-corrected chi connectivity index (χ4v) is 0.612. The third-order valence-electron chi connectivity index (χ3n) is 1.11. The molecule has 0 atom stereocenters. The van der Waals surface area contributed by atoms with Gasteiger partial charge in [-0.05, 0) is 19.1 Å². The van der Waals surface area contributed by atoms with E-state index >= 15 is 0 Å². The zero-order valence-corrected chi connectivity index (χ0v) is 11.2. The molecule has 0 fully saturated rings. The summed E-state index contributed by atoms with van der Waals surface area (Å²) in [5.74, 6) is 0.0897. The molecule has 0 N–H and O–H groups in total. The Labute approximate surface area is 87.7 Å². The van der Waals surface area contributed by atoms with Gasteiger partial charge >= 0.3 is 34.5 Å². The van der Waals surface area contributed by atoms with Crippen molar-refractivity contribution in [3.63, 3.8) is 0 Å². The Kier molecular flexibility index (Phi) is 7.79. The van der Waals surface area contributed by atoms with Gasteiger partial charge in [-0.3, -0.25) is 4.79 Å². The van der Waals surface area contributed by atoms with Crippen LogP contribution in [0.2, 0.25) is 0 Å². The Bertz CT molecular complexity index is 226. The van der Waals surface area contributed by atoms with Gasteiger partial charge in [-0.15, -0.1) is 0 Å². The normalized spacial score (nSPS) is 7.58. The van der Waals surface area contributed by atoms with Crippen LogP contribution in [-0.4, -0.2) is 5.78 Å². The van der Waals surface area contributed by atoms with E-state index < -0.39 is 15.1 Å². The van der Waals surface area contributed by atoms with Gasteiger partial charge in [0, 0.05) is 5.56 Å². The minimum absolute atomic E-state index is 0.0897. The van der Waals surface area contributed by atoms with E-state index in [1.807, 2.05) is 0 Å². The number of hydrogen-bond donors (Lipinski definition) is 0. The van der Waals surface area contributed by atoms with Crippen molar-refractivity contribution < 1.29 is 19.9 Å². The van der Waals surface area contributed by atoms with Crippen LogP contribution in [0, 0.1) is 6.07 Å². The van der Waals surface area contributed by atoms with Crippen LogP contribution in [-0.2, 0) is 15.1 Å². The average Bonchev–Trinajstić information content (AvgIpc) is 2.07. The number of benzene rings is 1. The summed E-state index contributed by atoms with van der Waals surface area (Å²) in [6.45, 7) is 1.54. The number of rotatable bonds is 1. The molecule has 0 heterocycles. The molecule has 0 bridgehead atoms. The maximum atomic E-state index is 10.6. The molecule has 61 valence electrons. The van der Waals surface area contributed by atoms with Crippen LogP contribution in [0.1, 0.15) is 17.3 Å². The van der Waals surface area contributed by atoms with Crippen LogP contribution < -0.4 is 0 Å². The van der Waals surface area contributed by atoms with E-state index in [0.717, 1.165) is 5.56 Å². The molecule has 0 amide bonds. The van der Waals surface area contributed by atoms with Gasteiger partial charge in [-0.1, -0.05) is 18.2 Å². The number of ketones is 1. The summed E-state index contributed by atoms with van der Waals surface area (Å²) in [5, 5.41) is 0. The van der Waals surface area contributed by atoms with Crippen LogP contribution >= 0.6 is 19.4 Å². The molecular weight excluding hydrogens is 248 g/mol. The van der Waals surface area contributed by atoms with Crippen molar-refractivity contribution in [1.29, 1.82) is 0 Å². The van der Waals surface area contributed by atoms with Crippen LogP contribution in [0.3, 0.4) is 0 Å². The number of halogens is 2. The number of carbonyl (C=O) groups excluding carboxylic acids is 1. The van der Waals surface area contributed by atoms with E-state index in [9.17, 15) is 4.79 Å². The van der Waals surface area contributed by atoms with Crippen molar-refractivity contribution in [2.75, 3.05) is 0 Å². The summed E-state index contributed by atoms with van der Waals surface area (Å²) in [6, 6.07) is 9.85. The van der Waals surface area contributed by atoms with Crippen LogP contribution in [0.5, 0.6) is 0 Å². The maximum absolute atomic E-state index is 10.6. The molecule has 0 aliphatic carbocycles. The first-order valence-corrected chi connectivity index (χ1v) is 11.1. The summed E-state index contributed by atoms with van der Waals surface area (Å²) in [4.78, 5) is 10.6. The molecule has 0 spiro atoms. The summed E-state index contributed by atoms with van der Waals surface area (Å²) in [7, 11) is 9.90. The molecule has 12 heavy (non-hydrogen) atoms. The quantitative estimate of drug-likeness (QED) is 0.557. The molecule has 0 aliphatic heterocycles. The van der Waals surface area contributed by atoms with Crippen molar-refractivity contribution in [2.45, 2.75) is 6.92 Å². The fourth-order valence-electron chi connectivity index (χ4n) is 0.612. The van der Waals surface area contributed by atoms with Gasteiger partial charge in [-0.25, -0.2) is 0 Å². The summed E-state index contributed by atoms with van der Waals surface area (Å²) in [6.07, 6.45) is 0. The van der Waals surface area contributed by atoms with E-state index in [1.54, 1.807) is 31.2 Å². The molecule has 0 saturated heterocycles. The summed E-state index contributed by atoms with van der Waals surface area (Å²) in [5.41, 5.74) is 0.720. The second-order valence-electron chi connectivity index (χ2n) is 1.95. The van der Waals surface area contributed by atoms with Gasteiger partial charge in [0.25, 0.3) is 0 Å². The molecular formula is C8H7Cl2OZn. The number of Topliss-reactive ketones (excluding diaryl/α,β-unsaturated/α-hetero) is 1. The van der Waals surface area contributed by atoms with Crippen molar-refractivity contribution in [3.05, 3.63) is 35.9 Å². The first-order valence-electron chi connectivity index (χ1n) is 3.31. The second kappa shape index (κ2) is 7.73. The Morgan fingerprint density at radius 1 is 1.58 bits per heavy atom. The number of hydrogen-bond acceptors (Lipinski definition) is 1. The predicted octanol–water partition coefficient (Wildman–Crippen LogP) is 3.07. The van der Waals surface area contributed by atoms with E-state index in [-0.39, 0.29) is 5.78 Å². The molecule has 1 rings (SSSR count). The predicted molar refractivity (Wildman–Crippen MR) is 47.0 cm³/mol. The molecule has 0 aliphatic rings. The van der Waals surface area contributed by atoms with Gasteiger partial charge in [0.15, 0.2) is 5.78 Å². The summed E-state index contributed by atoms with van der Waals surface area (Å²) < 4.78 is 0. The second-order valence-corrected chi connectivity index (χ2v) is 6.57. The monoisotopic (exact) mass is 253 g/mol. The molecule has 1 nitrogen and oxygen atoms in total. The molecule has 0 unspecified atom stereocenters. The van der Waals surface area contributed by atoms with Gasteiger partial charge in [-0.2, -0.15) is 0 Å². The SMILES string of the molecule is CC(=O)c1c[c]ccc1.[Cl][Zn][Cl]. The number of carbonyl (C=O) groups is 1. The molecule has 1 aromatic rings. The van der Waals surface area contributed by atoms with Gasteiger partial charge in [0.1, 0.15) is 0 Å². The zero-order chi connectivity index (χ0) is 9.40. The molecule has 1 aromatic carbocycles. The first-order chi connectivity index (χ1) is 5.72. The van der Waals surface area contributed by atoms with Crippen LogP contribution in [0.25, 0.3) is 0 Å². The van der Waals surface area contributed by atoms with Gasteiger partial charge < -0.3 is 0 Å². The first kappa shape index (κ1) is 12.1. The third-order valence-corrected chi connectivity index (χ3v) is 1.11. The van der Waals surface area contributed by atoms with Crippen molar-refractivity contribution in [3.8, 4) is 0 Å². The van der Waals surface area contributed by atoms with Crippen molar-refractivity contribution in [1.82, 2.24) is 0 Å². The van der Waals surface area contributed by atoms with E-state index in [1.165, 1.54) is 0 Å². The van der Waals surface area contributed by atoms with Crippen molar-refractivity contribution >= 4 is 25.2 Å². The summed E-state index contributed by atoms with van der Waals surface area (Å²) >= 11 is -0.931. The Morgan fingerprint density at radius 2 is 2.17 bits per heavy atom. The van der Waals surface area contributed by atoms with Gasteiger partial charge in [0.05, 0.1) is 0 Å². The van der Waals surface area contributed by atoms with Gasteiger partial charge in [0.2, 0.25) is 0 Å². The minimum atomic E-state index is -0.931. The fraction of sp³-hybridized carbons (Fsp3) is 0.125. The Hall–Kier alpha value is 0.0934. The standard InChI is InChI=1S/C8H7O.2ClH.Zn/c1-7(9)8-5-3-2-4-6-8;;;/h2-3,5-6H,1H3;2*1H;/q;;;+2/p-2. The topological polar surface area (TPSA) is 17.1 Å². The molecule has 4 heteroatoms. The molecule has 0 aromatic heterocycles. The van der Waals surface area contributed by atoms with Crippen molar-refractivity contribution in [2.24, 2.45) is 0 Å². The van der Waals surface area contributed by atoms with Crippen LogP contribution in [0.15, 0.2) is 24.3 Å². The van der Waals surface area contributed by atoms with Crippen LogP contribution in [0.4, 0.5) is 0 Å². The van der Waals surface area contributed by atoms with E-state index in [2.05, 4.69) is 6.07 Å². The zero-order valence-electron chi connectivity index (χ0n) is 6.68. The average molecular weight is 255 g/mol. The van der Waals surface area contributed by atoms with E-state index in [0.29, 0.717) is 0 Å². The molecule has 0 saturated carbocycles. The van der Waals surface area contributed by atoms with E-state index in [4.69, 9.17) is 19.4 Å². The molecule has 1 radical (unpaired) electrons. The Morgan fingerprint density at radius 3 is 2.42 bits per heavy atom.